The van der Waals surface area contributed by atoms with Crippen LogP contribution in [0.1, 0.15) is 16.7 Å². The molecule has 0 aromatic heterocycles. The predicted molar refractivity (Wildman–Crippen MR) is 83.7 cm³/mol. The summed E-state index contributed by atoms with van der Waals surface area (Å²) in [5.41, 5.74) is 7.99. The van der Waals surface area contributed by atoms with E-state index in [0.717, 1.165) is 16.7 Å². The van der Waals surface area contributed by atoms with Gasteiger partial charge in [-0.1, -0.05) is 36.4 Å². The van der Waals surface area contributed by atoms with Crippen LogP contribution in [0.4, 0.5) is 0 Å². The van der Waals surface area contributed by atoms with Crippen molar-refractivity contribution in [1.82, 2.24) is 0 Å². The first kappa shape index (κ1) is 15.5. The smallest absolute Gasteiger partial charge is 0.158 e. The summed E-state index contributed by atoms with van der Waals surface area (Å²) in [6.45, 7) is 0.315. The molecule has 0 radical (unpaired) electrons. The summed E-state index contributed by atoms with van der Waals surface area (Å²) in [6, 6.07) is 14.5. The number of benzene rings is 2. The lowest BCUT2D eigenvalue weighted by molar-refractivity contribution is 0.409. The molecule has 2 rings (SSSR count). The van der Waals surface area contributed by atoms with Gasteiger partial charge in [-0.15, -0.1) is 0 Å². The lowest BCUT2D eigenvalue weighted by Gasteiger charge is -2.10. The van der Waals surface area contributed by atoms with E-state index in [2.05, 4.69) is 0 Å². The van der Waals surface area contributed by atoms with E-state index in [0.29, 0.717) is 12.3 Å². The zero-order chi connectivity index (χ0) is 15.3. The minimum Gasteiger partial charge on any atom is -0.496 e. The number of rotatable bonds is 6. The van der Waals surface area contributed by atoms with Crippen LogP contribution in [0.2, 0.25) is 0 Å². The summed E-state index contributed by atoms with van der Waals surface area (Å²) in [5, 5.41) is 0. The van der Waals surface area contributed by atoms with Gasteiger partial charge in [-0.3, -0.25) is 0 Å². The molecule has 112 valence electrons. The first-order chi connectivity index (χ1) is 10.0. The normalized spacial score (nSPS) is 11.3. The van der Waals surface area contributed by atoms with Crippen molar-refractivity contribution in [2.75, 3.05) is 7.11 Å². The molecule has 4 nitrogen and oxygen atoms in total. The number of sulfone groups is 1. The Balaban J connectivity index is 2.17. The molecule has 0 aliphatic rings. The van der Waals surface area contributed by atoms with Crippen LogP contribution in [0.5, 0.6) is 5.75 Å². The molecule has 0 atom stereocenters. The van der Waals surface area contributed by atoms with Crippen molar-refractivity contribution in [1.29, 1.82) is 0 Å². The predicted octanol–water partition coefficient (Wildman–Crippen LogP) is 2.27. The van der Waals surface area contributed by atoms with Crippen LogP contribution >= 0.6 is 0 Å². The molecule has 21 heavy (non-hydrogen) atoms. The summed E-state index contributed by atoms with van der Waals surface area (Å²) < 4.78 is 29.7. The number of ether oxygens (including phenoxy) is 1. The maximum Gasteiger partial charge on any atom is 0.158 e. The summed E-state index contributed by atoms with van der Waals surface area (Å²) in [7, 11) is -1.64. The van der Waals surface area contributed by atoms with Crippen molar-refractivity contribution < 1.29 is 13.2 Å². The third-order valence-electron chi connectivity index (χ3n) is 3.18. The molecule has 5 heteroatoms. The first-order valence-electron chi connectivity index (χ1n) is 6.64. The van der Waals surface area contributed by atoms with Gasteiger partial charge >= 0.3 is 0 Å². The molecule has 0 unspecified atom stereocenters. The van der Waals surface area contributed by atoms with Gasteiger partial charge in [-0.2, -0.15) is 0 Å². The highest BCUT2D eigenvalue weighted by atomic mass is 32.2. The fourth-order valence-corrected chi connectivity index (χ4v) is 3.70. The van der Waals surface area contributed by atoms with E-state index in [1.165, 1.54) is 0 Å². The maximum absolute atomic E-state index is 12.3. The minimum atomic E-state index is -3.21. The van der Waals surface area contributed by atoms with E-state index in [4.69, 9.17) is 10.5 Å². The number of nitrogens with two attached hydrogens (primary N) is 1. The lowest BCUT2D eigenvalue weighted by Crippen LogP contribution is -2.09. The Morgan fingerprint density at radius 3 is 2.29 bits per heavy atom. The zero-order valence-corrected chi connectivity index (χ0v) is 12.8. The molecular formula is C16H19NO3S. The molecule has 0 heterocycles. The Kier molecular flexibility index (Phi) is 4.98. The van der Waals surface area contributed by atoms with Gasteiger partial charge < -0.3 is 10.5 Å². The van der Waals surface area contributed by atoms with Gasteiger partial charge in [0, 0.05) is 12.1 Å². The van der Waals surface area contributed by atoms with Crippen molar-refractivity contribution in [2.45, 2.75) is 18.1 Å². The van der Waals surface area contributed by atoms with Crippen molar-refractivity contribution in [3.63, 3.8) is 0 Å². The second-order valence-electron chi connectivity index (χ2n) is 4.87. The quantitative estimate of drug-likeness (QED) is 0.889. The standard InChI is InChI=1S/C16H19NO3S/c1-20-16-8-7-14(9-15(16)10-17)12-21(18,19)11-13-5-3-2-4-6-13/h2-9H,10-12,17H2,1H3. The summed E-state index contributed by atoms with van der Waals surface area (Å²) in [6.07, 6.45) is 0. The Morgan fingerprint density at radius 2 is 1.67 bits per heavy atom. The van der Waals surface area contributed by atoms with Crippen LogP contribution < -0.4 is 10.5 Å². The average molecular weight is 305 g/mol. The van der Waals surface area contributed by atoms with Crippen LogP contribution in [0, 0.1) is 0 Å². The van der Waals surface area contributed by atoms with Crippen molar-refractivity contribution in [3.8, 4) is 5.75 Å². The van der Waals surface area contributed by atoms with Gasteiger partial charge in [0.25, 0.3) is 0 Å². The van der Waals surface area contributed by atoms with E-state index >= 15 is 0 Å². The molecule has 2 aromatic carbocycles. The Hall–Kier alpha value is -1.85. The number of hydrogen-bond acceptors (Lipinski definition) is 4. The van der Waals surface area contributed by atoms with E-state index in [9.17, 15) is 8.42 Å². The van der Waals surface area contributed by atoms with Gasteiger partial charge in [0.05, 0.1) is 18.6 Å². The molecule has 0 bridgehead atoms. The van der Waals surface area contributed by atoms with Gasteiger partial charge in [-0.05, 0) is 23.3 Å². The Morgan fingerprint density at radius 1 is 1.00 bits per heavy atom. The van der Waals surface area contributed by atoms with Gasteiger partial charge in [-0.25, -0.2) is 8.42 Å². The monoisotopic (exact) mass is 305 g/mol. The number of hydrogen-bond donors (Lipinski definition) is 1. The third-order valence-corrected chi connectivity index (χ3v) is 4.73. The zero-order valence-electron chi connectivity index (χ0n) is 12.0. The Labute approximate surface area is 125 Å². The molecular weight excluding hydrogens is 286 g/mol. The molecule has 0 spiro atoms. The summed E-state index contributed by atoms with van der Waals surface area (Å²) in [4.78, 5) is 0. The number of methoxy groups -OCH3 is 1. The minimum absolute atomic E-state index is 0.00110. The van der Waals surface area contributed by atoms with Crippen molar-refractivity contribution in [2.24, 2.45) is 5.73 Å². The average Bonchev–Trinajstić information content (AvgIpc) is 2.47. The molecule has 0 saturated carbocycles. The second-order valence-corrected chi connectivity index (χ2v) is 6.93. The summed E-state index contributed by atoms with van der Waals surface area (Å²) >= 11 is 0. The van der Waals surface area contributed by atoms with E-state index in [-0.39, 0.29) is 11.5 Å². The molecule has 0 fully saturated rings. The fraction of sp³-hybridized carbons (Fsp3) is 0.250. The van der Waals surface area contributed by atoms with Crippen LogP contribution in [-0.4, -0.2) is 15.5 Å². The highest BCUT2D eigenvalue weighted by molar-refractivity contribution is 7.89. The maximum atomic E-state index is 12.3. The lowest BCUT2D eigenvalue weighted by atomic mass is 10.1. The van der Waals surface area contributed by atoms with E-state index < -0.39 is 9.84 Å². The third kappa shape index (κ3) is 4.31. The molecule has 2 N–H and O–H groups in total. The van der Waals surface area contributed by atoms with E-state index in [1.54, 1.807) is 25.3 Å². The largest absolute Gasteiger partial charge is 0.496 e. The molecule has 0 saturated heterocycles. The topological polar surface area (TPSA) is 69.4 Å². The molecule has 2 aromatic rings. The van der Waals surface area contributed by atoms with E-state index in [1.807, 2.05) is 30.3 Å². The van der Waals surface area contributed by atoms with Crippen LogP contribution in [0.15, 0.2) is 48.5 Å². The van der Waals surface area contributed by atoms with Gasteiger partial charge in [0.1, 0.15) is 5.75 Å². The molecule has 0 aliphatic heterocycles. The van der Waals surface area contributed by atoms with Crippen LogP contribution in [0.3, 0.4) is 0 Å². The highest BCUT2D eigenvalue weighted by Gasteiger charge is 2.14. The first-order valence-corrected chi connectivity index (χ1v) is 8.46. The fourth-order valence-electron chi connectivity index (χ4n) is 2.21. The van der Waals surface area contributed by atoms with Crippen molar-refractivity contribution in [3.05, 3.63) is 65.2 Å². The highest BCUT2D eigenvalue weighted by Crippen LogP contribution is 2.21. The summed E-state index contributed by atoms with van der Waals surface area (Å²) in [5.74, 6) is 0.721. The molecule has 0 amide bonds. The second kappa shape index (κ2) is 6.74. The SMILES string of the molecule is COc1ccc(CS(=O)(=O)Cc2ccccc2)cc1CN. The van der Waals surface area contributed by atoms with Crippen LogP contribution in [-0.2, 0) is 27.9 Å². The van der Waals surface area contributed by atoms with Crippen LogP contribution in [0.25, 0.3) is 0 Å². The van der Waals surface area contributed by atoms with Crippen molar-refractivity contribution >= 4 is 9.84 Å². The Bertz CT molecular complexity index is 697. The molecule has 0 aliphatic carbocycles. The van der Waals surface area contributed by atoms with Gasteiger partial charge in [0.2, 0.25) is 0 Å². The van der Waals surface area contributed by atoms with Gasteiger partial charge in [0.15, 0.2) is 9.84 Å².